The van der Waals surface area contributed by atoms with Gasteiger partial charge in [0.15, 0.2) is 5.96 Å². The lowest BCUT2D eigenvalue weighted by molar-refractivity contribution is 0.205. The van der Waals surface area contributed by atoms with Gasteiger partial charge in [-0.15, -0.1) is 30.4 Å². The summed E-state index contributed by atoms with van der Waals surface area (Å²) in [7, 11) is 0. The summed E-state index contributed by atoms with van der Waals surface area (Å²) < 4.78 is 5.86. The van der Waals surface area contributed by atoms with E-state index in [1.54, 1.807) is 6.20 Å². The zero-order valence-electron chi connectivity index (χ0n) is 12.2. The third-order valence-electron chi connectivity index (χ3n) is 3.02. The fraction of sp³-hybridized carbons (Fsp3) is 0.467. The van der Waals surface area contributed by atoms with Gasteiger partial charge in [-0.25, -0.2) is 9.98 Å². The van der Waals surface area contributed by atoms with Crippen LogP contribution in [0.3, 0.4) is 0 Å². The van der Waals surface area contributed by atoms with Crippen LogP contribution in [0.1, 0.15) is 13.3 Å². The minimum absolute atomic E-state index is 0. The fourth-order valence-corrected chi connectivity index (χ4v) is 2.15. The Morgan fingerprint density at radius 3 is 3.14 bits per heavy atom. The van der Waals surface area contributed by atoms with Gasteiger partial charge in [-0.1, -0.05) is 12.0 Å². The summed E-state index contributed by atoms with van der Waals surface area (Å²) in [5.41, 5.74) is 0. The van der Waals surface area contributed by atoms with Crippen molar-refractivity contribution in [1.29, 1.82) is 0 Å². The first-order chi connectivity index (χ1) is 9.83. The quantitative estimate of drug-likeness (QED) is 0.362. The molecule has 0 bridgehead atoms. The minimum Gasteiger partial charge on any atom is -0.472 e. The van der Waals surface area contributed by atoms with Crippen LogP contribution in [0.5, 0.6) is 5.88 Å². The first-order valence-corrected chi connectivity index (χ1v) is 6.88. The van der Waals surface area contributed by atoms with Crippen LogP contribution in [0, 0.1) is 12.3 Å². The molecule has 6 heteroatoms. The highest BCUT2D eigenvalue weighted by molar-refractivity contribution is 14.0. The Morgan fingerprint density at radius 2 is 2.48 bits per heavy atom. The highest BCUT2D eigenvalue weighted by atomic mass is 127. The van der Waals surface area contributed by atoms with Gasteiger partial charge in [0.2, 0.25) is 5.88 Å². The predicted molar refractivity (Wildman–Crippen MR) is 95.1 cm³/mol. The summed E-state index contributed by atoms with van der Waals surface area (Å²) in [4.78, 5) is 10.7. The molecule has 1 N–H and O–H groups in total. The van der Waals surface area contributed by atoms with Gasteiger partial charge >= 0.3 is 0 Å². The van der Waals surface area contributed by atoms with E-state index in [2.05, 4.69) is 26.1 Å². The number of hydrogen-bond donors (Lipinski definition) is 1. The molecule has 1 aromatic heterocycles. The van der Waals surface area contributed by atoms with E-state index in [0.717, 1.165) is 32.0 Å². The first-order valence-electron chi connectivity index (χ1n) is 6.88. The van der Waals surface area contributed by atoms with Crippen LogP contribution in [-0.4, -0.2) is 48.1 Å². The number of aliphatic imine (C=N–C) groups is 1. The van der Waals surface area contributed by atoms with E-state index in [1.807, 2.05) is 25.1 Å². The Labute approximate surface area is 143 Å². The second-order valence-corrected chi connectivity index (χ2v) is 4.52. The van der Waals surface area contributed by atoms with E-state index in [9.17, 15) is 0 Å². The first kappa shape index (κ1) is 17.6. The molecule has 114 valence electrons. The molecule has 5 nitrogen and oxygen atoms in total. The molecule has 1 aliphatic rings. The zero-order valence-corrected chi connectivity index (χ0v) is 14.5. The number of pyridine rings is 1. The molecule has 0 aliphatic carbocycles. The average Bonchev–Trinajstić information content (AvgIpc) is 2.93. The van der Waals surface area contributed by atoms with Crippen LogP contribution in [0.25, 0.3) is 0 Å². The van der Waals surface area contributed by atoms with Gasteiger partial charge in [-0.3, -0.25) is 0 Å². The maximum absolute atomic E-state index is 5.86. The molecular formula is C15H21IN4O. The molecule has 0 radical (unpaired) electrons. The van der Waals surface area contributed by atoms with Crippen molar-refractivity contribution < 1.29 is 4.74 Å². The van der Waals surface area contributed by atoms with Crippen LogP contribution in [0.2, 0.25) is 0 Å². The summed E-state index contributed by atoms with van der Waals surface area (Å²) in [6.45, 7) is 4.97. The maximum Gasteiger partial charge on any atom is 0.213 e. The monoisotopic (exact) mass is 400 g/mol. The van der Waals surface area contributed by atoms with Crippen molar-refractivity contribution in [3.8, 4) is 18.2 Å². The zero-order chi connectivity index (χ0) is 14.2. The fourth-order valence-electron chi connectivity index (χ4n) is 2.15. The van der Waals surface area contributed by atoms with Gasteiger partial charge in [0.1, 0.15) is 12.6 Å². The standard InChI is InChI=1S/C15H20N4O.HI/c1-3-9-18-15(16-4-2)19-11-8-13(12-19)20-14-7-5-6-10-17-14;/h1,5-7,10,13H,4,8-9,11-12H2,2H3,(H,16,18);1H. The van der Waals surface area contributed by atoms with Crippen molar-refractivity contribution >= 4 is 29.9 Å². The lowest BCUT2D eigenvalue weighted by Gasteiger charge is -2.21. The molecule has 2 rings (SSSR count). The van der Waals surface area contributed by atoms with Gasteiger partial charge < -0.3 is 15.0 Å². The number of ether oxygens (including phenoxy) is 1. The topological polar surface area (TPSA) is 49.8 Å². The third kappa shape index (κ3) is 5.42. The van der Waals surface area contributed by atoms with Crippen molar-refractivity contribution in [3.63, 3.8) is 0 Å². The maximum atomic E-state index is 5.86. The lowest BCUT2D eigenvalue weighted by atomic mass is 10.3. The van der Waals surface area contributed by atoms with Crippen molar-refractivity contribution in [2.45, 2.75) is 19.4 Å². The molecule has 1 atom stereocenters. The number of rotatable bonds is 4. The highest BCUT2D eigenvalue weighted by Crippen LogP contribution is 2.16. The minimum atomic E-state index is 0. The number of halogens is 1. The van der Waals surface area contributed by atoms with Gasteiger partial charge in [-0.2, -0.15) is 0 Å². The number of guanidine groups is 1. The number of likely N-dealkylation sites (tertiary alicyclic amines) is 1. The Kier molecular flexibility index (Phi) is 7.90. The Hall–Kier alpha value is -1.49. The van der Waals surface area contributed by atoms with E-state index < -0.39 is 0 Å². The second kappa shape index (κ2) is 9.45. The highest BCUT2D eigenvalue weighted by Gasteiger charge is 2.26. The van der Waals surface area contributed by atoms with E-state index in [4.69, 9.17) is 11.2 Å². The molecule has 0 aromatic carbocycles. The molecular weight excluding hydrogens is 379 g/mol. The van der Waals surface area contributed by atoms with Gasteiger partial charge in [0.25, 0.3) is 0 Å². The van der Waals surface area contributed by atoms with Crippen LogP contribution in [0.4, 0.5) is 0 Å². The smallest absolute Gasteiger partial charge is 0.213 e. The van der Waals surface area contributed by atoms with Crippen molar-refractivity contribution in [2.75, 3.05) is 26.2 Å². The largest absolute Gasteiger partial charge is 0.472 e. The summed E-state index contributed by atoms with van der Waals surface area (Å²) in [6, 6.07) is 5.68. The summed E-state index contributed by atoms with van der Waals surface area (Å²) in [5.74, 6) is 4.07. The van der Waals surface area contributed by atoms with Gasteiger partial charge in [0.05, 0.1) is 6.54 Å². The molecule has 0 amide bonds. The molecule has 1 aliphatic heterocycles. The van der Waals surface area contributed by atoms with Crippen molar-refractivity contribution in [1.82, 2.24) is 15.2 Å². The summed E-state index contributed by atoms with van der Waals surface area (Å²) in [5, 5.41) is 3.25. The molecule has 1 saturated heterocycles. The molecule has 1 unspecified atom stereocenters. The van der Waals surface area contributed by atoms with Gasteiger partial charge in [0, 0.05) is 31.8 Å². The molecule has 2 heterocycles. The molecule has 0 saturated carbocycles. The third-order valence-corrected chi connectivity index (χ3v) is 3.02. The summed E-state index contributed by atoms with van der Waals surface area (Å²) >= 11 is 0. The molecule has 0 spiro atoms. The summed E-state index contributed by atoms with van der Waals surface area (Å²) in [6.07, 6.45) is 8.10. The van der Waals surface area contributed by atoms with Crippen LogP contribution in [-0.2, 0) is 0 Å². The number of nitrogens with one attached hydrogen (secondary N) is 1. The van der Waals surface area contributed by atoms with Crippen LogP contribution < -0.4 is 10.1 Å². The van der Waals surface area contributed by atoms with E-state index in [1.165, 1.54) is 0 Å². The number of aromatic nitrogens is 1. The van der Waals surface area contributed by atoms with E-state index in [-0.39, 0.29) is 30.1 Å². The Balaban J connectivity index is 0.00000220. The molecule has 21 heavy (non-hydrogen) atoms. The second-order valence-electron chi connectivity index (χ2n) is 4.52. The van der Waals surface area contributed by atoms with E-state index >= 15 is 0 Å². The van der Waals surface area contributed by atoms with Gasteiger partial charge in [-0.05, 0) is 13.0 Å². The van der Waals surface area contributed by atoms with Crippen molar-refractivity contribution in [3.05, 3.63) is 24.4 Å². The predicted octanol–water partition coefficient (Wildman–Crippen LogP) is 1.75. The average molecular weight is 400 g/mol. The Morgan fingerprint density at radius 1 is 1.62 bits per heavy atom. The normalized spacial score (nSPS) is 17.8. The van der Waals surface area contributed by atoms with Crippen molar-refractivity contribution in [2.24, 2.45) is 4.99 Å². The van der Waals surface area contributed by atoms with E-state index in [0.29, 0.717) is 12.4 Å². The number of terminal acetylenes is 1. The molecule has 1 fully saturated rings. The van der Waals surface area contributed by atoms with Crippen LogP contribution in [0.15, 0.2) is 29.4 Å². The SMILES string of the molecule is C#CCN=C(NCC)N1CCC(Oc2ccccn2)C1.I. The lowest BCUT2D eigenvalue weighted by Crippen LogP contribution is -2.41. The Bertz CT molecular complexity index is 486. The number of nitrogens with zero attached hydrogens (tertiary/aromatic N) is 3. The molecule has 1 aromatic rings. The van der Waals surface area contributed by atoms with Crippen LogP contribution >= 0.6 is 24.0 Å². The number of hydrogen-bond acceptors (Lipinski definition) is 3.